The van der Waals surface area contributed by atoms with Crippen molar-refractivity contribution in [3.05, 3.63) is 29.3 Å². The highest BCUT2D eigenvalue weighted by molar-refractivity contribution is 5.50. The number of nitriles is 1. The molecule has 0 spiro atoms. The van der Waals surface area contributed by atoms with Gasteiger partial charge in [-0.1, -0.05) is 19.1 Å². The van der Waals surface area contributed by atoms with Gasteiger partial charge in [-0.05, 0) is 25.5 Å². The maximum atomic E-state index is 9.14. The average Bonchev–Trinajstić information content (AvgIpc) is 2.27. The van der Waals surface area contributed by atoms with Gasteiger partial charge in [-0.3, -0.25) is 0 Å². The number of rotatable bonds is 4. The van der Waals surface area contributed by atoms with Gasteiger partial charge in [-0.2, -0.15) is 5.26 Å². The Labute approximate surface area is 96.3 Å². The standard InChI is InChI=1S/C13H17NO2/c1-9(2)16-13-6-4-5-11(10(3)8-15)12(13)7-14/h4-6,9-10,15H,8H2,1-3H3. The predicted molar refractivity (Wildman–Crippen MR) is 62.4 cm³/mol. The van der Waals surface area contributed by atoms with Crippen LogP contribution in [0.2, 0.25) is 0 Å². The van der Waals surface area contributed by atoms with Crippen LogP contribution in [0.1, 0.15) is 37.8 Å². The zero-order valence-corrected chi connectivity index (χ0v) is 9.90. The summed E-state index contributed by atoms with van der Waals surface area (Å²) in [7, 11) is 0. The van der Waals surface area contributed by atoms with Crippen molar-refractivity contribution < 1.29 is 9.84 Å². The van der Waals surface area contributed by atoms with E-state index in [0.29, 0.717) is 11.3 Å². The molecule has 0 heterocycles. The maximum Gasteiger partial charge on any atom is 0.137 e. The summed E-state index contributed by atoms with van der Waals surface area (Å²) in [4.78, 5) is 0. The van der Waals surface area contributed by atoms with E-state index in [9.17, 15) is 0 Å². The molecule has 86 valence electrons. The molecule has 0 aromatic heterocycles. The van der Waals surface area contributed by atoms with Crippen LogP contribution in [0.15, 0.2) is 18.2 Å². The number of aliphatic hydroxyl groups is 1. The Morgan fingerprint density at radius 2 is 2.06 bits per heavy atom. The third kappa shape index (κ3) is 2.74. The van der Waals surface area contributed by atoms with Gasteiger partial charge in [-0.15, -0.1) is 0 Å². The van der Waals surface area contributed by atoms with Crippen LogP contribution in [0.4, 0.5) is 0 Å². The van der Waals surface area contributed by atoms with E-state index in [1.54, 1.807) is 6.07 Å². The molecular weight excluding hydrogens is 202 g/mol. The van der Waals surface area contributed by atoms with Crippen molar-refractivity contribution in [2.24, 2.45) is 0 Å². The summed E-state index contributed by atoms with van der Waals surface area (Å²) in [5.74, 6) is 0.542. The van der Waals surface area contributed by atoms with Gasteiger partial charge in [0.1, 0.15) is 11.8 Å². The Morgan fingerprint density at radius 1 is 1.38 bits per heavy atom. The number of nitrogens with zero attached hydrogens (tertiary/aromatic N) is 1. The third-order valence-electron chi connectivity index (χ3n) is 2.34. The van der Waals surface area contributed by atoms with Crippen molar-refractivity contribution >= 4 is 0 Å². The van der Waals surface area contributed by atoms with E-state index in [4.69, 9.17) is 15.1 Å². The molecule has 1 atom stereocenters. The van der Waals surface area contributed by atoms with Crippen LogP contribution in [-0.4, -0.2) is 17.8 Å². The average molecular weight is 219 g/mol. The summed E-state index contributed by atoms with van der Waals surface area (Å²) in [5, 5.41) is 18.3. The molecule has 3 heteroatoms. The number of hydrogen-bond acceptors (Lipinski definition) is 3. The van der Waals surface area contributed by atoms with Gasteiger partial charge in [-0.25, -0.2) is 0 Å². The minimum Gasteiger partial charge on any atom is -0.490 e. The molecule has 0 amide bonds. The van der Waals surface area contributed by atoms with Crippen molar-refractivity contribution in [2.75, 3.05) is 6.61 Å². The Kier molecular flexibility index (Phi) is 4.33. The molecule has 0 bridgehead atoms. The minimum absolute atomic E-state index is 0.0276. The SMILES string of the molecule is CC(C)Oc1cccc(C(C)CO)c1C#N. The Hall–Kier alpha value is -1.53. The van der Waals surface area contributed by atoms with Gasteiger partial charge in [0.15, 0.2) is 0 Å². The zero-order valence-electron chi connectivity index (χ0n) is 9.90. The Bertz CT molecular complexity index is 393. The van der Waals surface area contributed by atoms with E-state index in [-0.39, 0.29) is 18.6 Å². The maximum absolute atomic E-state index is 9.14. The Balaban J connectivity index is 3.16. The normalized spacial score (nSPS) is 12.2. The molecule has 1 aromatic carbocycles. The lowest BCUT2D eigenvalue weighted by Gasteiger charge is -2.16. The number of hydrogen-bond donors (Lipinski definition) is 1. The molecule has 0 aliphatic carbocycles. The molecule has 0 aliphatic rings. The summed E-state index contributed by atoms with van der Waals surface area (Å²) >= 11 is 0. The van der Waals surface area contributed by atoms with Gasteiger partial charge in [0.25, 0.3) is 0 Å². The van der Waals surface area contributed by atoms with Gasteiger partial charge in [0, 0.05) is 12.5 Å². The lowest BCUT2D eigenvalue weighted by atomic mass is 9.96. The van der Waals surface area contributed by atoms with E-state index in [2.05, 4.69) is 6.07 Å². The Morgan fingerprint density at radius 3 is 2.56 bits per heavy atom. The van der Waals surface area contributed by atoms with Crippen LogP contribution in [0.25, 0.3) is 0 Å². The second-order valence-electron chi connectivity index (χ2n) is 4.08. The molecule has 0 fully saturated rings. The summed E-state index contributed by atoms with van der Waals surface area (Å²) < 4.78 is 5.57. The molecule has 0 aliphatic heterocycles. The molecule has 3 nitrogen and oxygen atoms in total. The lowest BCUT2D eigenvalue weighted by Crippen LogP contribution is -2.09. The van der Waals surface area contributed by atoms with Crippen molar-refractivity contribution in [3.8, 4) is 11.8 Å². The fraction of sp³-hybridized carbons (Fsp3) is 0.462. The largest absolute Gasteiger partial charge is 0.490 e. The van der Waals surface area contributed by atoms with Crippen LogP contribution < -0.4 is 4.74 Å². The van der Waals surface area contributed by atoms with Gasteiger partial charge < -0.3 is 9.84 Å². The van der Waals surface area contributed by atoms with E-state index in [1.165, 1.54) is 0 Å². The number of ether oxygens (including phenoxy) is 1. The zero-order chi connectivity index (χ0) is 12.1. The molecule has 1 unspecified atom stereocenters. The second kappa shape index (κ2) is 5.53. The van der Waals surface area contributed by atoms with Crippen LogP contribution in [-0.2, 0) is 0 Å². The van der Waals surface area contributed by atoms with Crippen molar-refractivity contribution in [3.63, 3.8) is 0 Å². The summed E-state index contributed by atoms with van der Waals surface area (Å²) in [6.45, 7) is 5.75. The lowest BCUT2D eigenvalue weighted by molar-refractivity contribution is 0.240. The first-order valence-electron chi connectivity index (χ1n) is 5.40. The molecule has 0 saturated carbocycles. The summed E-state index contributed by atoms with van der Waals surface area (Å²) in [6.07, 6.45) is 0.0341. The summed E-state index contributed by atoms with van der Waals surface area (Å²) in [6, 6.07) is 7.63. The van der Waals surface area contributed by atoms with Crippen molar-refractivity contribution in [2.45, 2.75) is 32.8 Å². The van der Waals surface area contributed by atoms with E-state index >= 15 is 0 Å². The quantitative estimate of drug-likeness (QED) is 0.846. The van der Waals surface area contributed by atoms with Crippen LogP contribution in [0.3, 0.4) is 0 Å². The number of benzene rings is 1. The molecule has 0 saturated heterocycles. The van der Waals surface area contributed by atoms with E-state index in [0.717, 1.165) is 5.56 Å². The third-order valence-corrected chi connectivity index (χ3v) is 2.34. The van der Waals surface area contributed by atoms with Crippen molar-refractivity contribution in [1.82, 2.24) is 0 Å². The highest BCUT2D eigenvalue weighted by Gasteiger charge is 2.14. The fourth-order valence-electron chi connectivity index (χ4n) is 1.53. The van der Waals surface area contributed by atoms with Gasteiger partial charge in [0.05, 0.1) is 11.7 Å². The molecule has 1 N–H and O–H groups in total. The minimum atomic E-state index is -0.0506. The smallest absolute Gasteiger partial charge is 0.137 e. The van der Waals surface area contributed by atoms with Crippen LogP contribution in [0, 0.1) is 11.3 Å². The molecule has 0 radical (unpaired) electrons. The highest BCUT2D eigenvalue weighted by atomic mass is 16.5. The first-order chi connectivity index (χ1) is 7.60. The molecule has 1 rings (SSSR count). The topological polar surface area (TPSA) is 53.2 Å². The first-order valence-corrected chi connectivity index (χ1v) is 5.40. The summed E-state index contributed by atoms with van der Waals surface area (Å²) in [5.41, 5.74) is 1.36. The first kappa shape index (κ1) is 12.5. The predicted octanol–water partition coefficient (Wildman–Crippen LogP) is 2.44. The molecular formula is C13H17NO2. The van der Waals surface area contributed by atoms with Crippen LogP contribution >= 0.6 is 0 Å². The van der Waals surface area contributed by atoms with Gasteiger partial charge >= 0.3 is 0 Å². The molecule has 16 heavy (non-hydrogen) atoms. The van der Waals surface area contributed by atoms with E-state index in [1.807, 2.05) is 32.9 Å². The van der Waals surface area contributed by atoms with E-state index < -0.39 is 0 Å². The monoisotopic (exact) mass is 219 g/mol. The van der Waals surface area contributed by atoms with Crippen LogP contribution in [0.5, 0.6) is 5.75 Å². The molecule has 1 aromatic rings. The van der Waals surface area contributed by atoms with Gasteiger partial charge in [0.2, 0.25) is 0 Å². The second-order valence-corrected chi connectivity index (χ2v) is 4.08. The number of aliphatic hydroxyl groups excluding tert-OH is 1. The van der Waals surface area contributed by atoms with Crippen molar-refractivity contribution in [1.29, 1.82) is 5.26 Å². The highest BCUT2D eigenvalue weighted by Crippen LogP contribution is 2.27. The fourth-order valence-corrected chi connectivity index (χ4v) is 1.53.